The molecule has 0 aromatic rings. The van der Waals surface area contributed by atoms with E-state index < -0.39 is 12.7 Å². The van der Waals surface area contributed by atoms with E-state index in [-0.39, 0.29) is 6.04 Å². The first-order valence-corrected chi connectivity index (χ1v) is 5.93. The van der Waals surface area contributed by atoms with Crippen LogP contribution in [0.15, 0.2) is 0 Å². The molecule has 0 aromatic carbocycles. The van der Waals surface area contributed by atoms with Crippen molar-refractivity contribution in [2.24, 2.45) is 11.7 Å². The Hall–Kier alpha value is -0.290. The highest BCUT2D eigenvalue weighted by Crippen LogP contribution is 2.28. The van der Waals surface area contributed by atoms with E-state index in [1.165, 1.54) is 4.90 Å². The predicted molar refractivity (Wildman–Crippen MR) is 58.1 cm³/mol. The van der Waals surface area contributed by atoms with Crippen LogP contribution in [0.2, 0.25) is 0 Å². The highest BCUT2D eigenvalue weighted by Gasteiger charge is 2.34. The molecule has 2 N–H and O–H groups in total. The van der Waals surface area contributed by atoms with Gasteiger partial charge in [0, 0.05) is 19.1 Å². The van der Waals surface area contributed by atoms with Crippen molar-refractivity contribution in [2.45, 2.75) is 44.8 Å². The fraction of sp³-hybridized carbons (Fsp3) is 1.00. The Morgan fingerprint density at radius 1 is 1.19 bits per heavy atom. The molecule has 0 saturated heterocycles. The Morgan fingerprint density at radius 2 is 1.75 bits per heavy atom. The van der Waals surface area contributed by atoms with Crippen LogP contribution in [-0.4, -0.2) is 36.8 Å². The first-order valence-electron chi connectivity index (χ1n) is 5.93. The molecule has 0 spiro atoms. The molecule has 1 aliphatic carbocycles. The van der Waals surface area contributed by atoms with Crippen molar-refractivity contribution in [1.82, 2.24) is 4.90 Å². The highest BCUT2D eigenvalue weighted by molar-refractivity contribution is 4.80. The Bertz CT molecular complexity index is 198. The zero-order valence-corrected chi connectivity index (χ0v) is 9.76. The minimum Gasteiger partial charge on any atom is -0.329 e. The SMILES string of the molecule is CC1CCC(N(CCN)CC(F)(F)F)CC1. The van der Waals surface area contributed by atoms with Crippen LogP contribution in [0.1, 0.15) is 32.6 Å². The first kappa shape index (κ1) is 13.8. The van der Waals surface area contributed by atoms with Crippen molar-refractivity contribution in [3.63, 3.8) is 0 Å². The lowest BCUT2D eigenvalue weighted by molar-refractivity contribution is -0.152. The summed E-state index contributed by atoms with van der Waals surface area (Å²) in [5.74, 6) is 0.655. The number of alkyl halides is 3. The summed E-state index contributed by atoms with van der Waals surface area (Å²) in [5.41, 5.74) is 5.37. The lowest BCUT2D eigenvalue weighted by Gasteiger charge is -2.36. The third kappa shape index (κ3) is 4.70. The second kappa shape index (κ2) is 5.87. The molecule has 0 radical (unpaired) electrons. The second-order valence-corrected chi connectivity index (χ2v) is 4.79. The number of nitrogens with two attached hydrogens (primary N) is 1. The smallest absolute Gasteiger partial charge is 0.329 e. The molecular weight excluding hydrogens is 217 g/mol. The van der Waals surface area contributed by atoms with E-state index in [4.69, 9.17) is 5.73 Å². The third-order valence-corrected chi connectivity index (χ3v) is 3.30. The molecule has 1 rings (SSSR count). The molecule has 1 saturated carbocycles. The van der Waals surface area contributed by atoms with E-state index in [2.05, 4.69) is 6.92 Å². The predicted octanol–water partition coefficient (Wildman–Crippen LogP) is 2.39. The second-order valence-electron chi connectivity index (χ2n) is 4.79. The standard InChI is InChI=1S/C11H21F3N2/c1-9-2-4-10(5-3-9)16(7-6-15)8-11(12,13)14/h9-10H,2-8,15H2,1H3. The molecule has 2 nitrogen and oxygen atoms in total. The quantitative estimate of drug-likeness (QED) is 0.814. The summed E-state index contributed by atoms with van der Waals surface area (Å²) >= 11 is 0. The van der Waals surface area contributed by atoms with Crippen molar-refractivity contribution in [3.05, 3.63) is 0 Å². The molecule has 0 amide bonds. The van der Waals surface area contributed by atoms with Gasteiger partial charge in [-0.3, -0.25) is 4.90 Å². The lowest BCUT2D eigenvalue weighted by atomic mass is 9.86. The van der Waals surface area contributed by atoms with E-state index in [0.717, 1.165) is 25.7 Å². The molecule has 0 aromatic heterocycles. The van der Waals surface area contributed by atoms with Crippen LogP contribution in [0, 0.1) is 5.92 Å². The molecule has 96 valence electrons. The molecule has 0 unspecified atom stereocenters. The van der Waals surface area contributed by atoms with Gasteiger partial charge in [-0.05, 0) is 31.6 Å². The van der Waals surface area contributed by atoms with Crippen LogP contribution in [0.25, 0.3) is 0 Å². The van der Waals surface area contributed by atoms with Crippen LogP contribution in [0.5, 0.6) is 0 Å². The average molecular weight is 238 g/mol. The summed E-state index contributed by atoms with van der Waals surface area (Å²) < 4.78 is 37.1. The van der Waals surface area contributed by atoms with Crippen LogP contribution < -0.4 is 5.73 Å². The Kier molecular flexibility index (Phi) is 5.05. The van der Waals surface area contributed by atoms with Gasteiger partial charge in [-0.15, -0.1) is 0 Å². The van der Waals surface area contributed by atoms with Crippen LogP contribution in [0.4, 0.5) is 13.2 Å². The molecule has 1 fully saturated rings. The number of nitrogens with zero attached hydrogens (tertiary/aromatic N) is 1. The summed E-state index contributed by atoms with van der Waals surface area (Å²) in [4.78, 5) is 1.51. The van der Waals surface area contributed by atoms with Crippen molar-refractivity contribution in [1.29, 1.82) is 0 Å². The number of halogens is 3. The minimum absolute atomic E-state index is 0.0707. The van der Waals surface area contributed by atoms with Gasteiger partial charge in [0.05, 0.1) is 6.54 Å². The maximum absolute atomic E-state index is 12.4. The maximum Gasteiger partial charge on any atom is 0.401 e. The van der Waals surface area contributed by atoms with Gasteiger partial charge in [0.2, 0.25) is 0 Å². The van der Waals surface area contributed by atoms with Gasteiger partial charge in [-0.25, -0.2) is 0 Å². The van der Waals surface area contributed by atoms with Crippen LogP contribution in [0.3, 0.4) is 0 Å². The Labute approximate surface area is 95.0 Å². The van der Waals surface area contributed by atoms with Gasteiger partial charge in [0.1, 0.15) is 0 Å². The Balaban J connectivity index is 2.49. The van der Waals surface area contributed by atoms with E-state index >= 15 is 0 Å². The van der Waals surface area contributed by atoms with Gasteiger partial charge >= 0.3 is 6.18 Å². The summed E-state index contributed by atoms with van der Waals surface area (Å²) in [5, 5.41) is 0. The summed E-state index contributed by atoms with van der Waals surface area (Å²) in [6.45, 7) is 1.98. The van der Waals surface area contributed by atoms with Gasteiger partial charge < -0.3 is 5.73 Å². The minimum atomic E-state index is -4.11. The van der Waals surface area contributed by atoms with Gasteiger partial charge in [-0.1, -0.05) is 6.92 Å². The molecular formula is C11H21F3N2. The van der Waals surface area contributed by atoms with E-state index in [1.54, 1.807) is 0 Å². The maximum atomic E-state index is 12.4. The number of hydrogen-bond donors (Lipinski definition) is 1. The normalized spacial score (nSPS) is 27.4. The van der Waals surface area contributed by atoms with Crippen LogP contribution >= 0.6 is 0 Å². The molecule has 0 aliphatic heterocycles. The first-order chi connectivity index (χ1) is 7.42. The topological polar surface area (TPSA) is 29.3 Å². The van der Waals surface area contributed by atoms with Crippen molar-refractivity contribution in [3.8, 4) is 0 Å². The zero-order valence-electron chi connectivity index (χ0n) is 9.76. The fourth-order valence-electron chi connectivity index (χ4n) is 2.39. The van der Waals surface area contributed by atoms with Crippen molar-refractivity contribution >= 4 is 0 Å². The monoisotopic (exact) mass is 238 g/mol. The largest absolute Gasteiger partial charge is 0.401 e. The fourth-order valence-corrected chi connectivity index (χ4v) is 2.39. The van der Waals surface area contributed by atoms with Gasteiger partial charge in [0.25, 0.3) is 0 Å². The van der Waals surface area contributed by atoms with Gasteiger partial charge in [-0.2, -0.15) is 13.2 Å². The molecule has 1 aliphatic rings. The van der Waals surface area contributed by atoms with Crippen molar-refractivity contribution in [2.75, 3.05) is 19.6 Å². The van der Waals surface area contributed by atoms with Crippen LogP contribution in [-0.2, 0) is 0 Å². The summed E-state index contributed by atoms with van der Waals surface area (Å²) in [7, 11) is 0. The highest BCUT2D eigenvalue weighted by atomic mass is 19.4. The van der Waals surface area contributed by atoms with E-state index in [1.807, 2.05) is 0 Å². The van der Waals surface area contributed by atoms with Gasteiger partial charge in [0.15, 0.2) is 0 Å². The third-order valence-electron chi connectivity index (χ3n) is 3.30. The lowest BCUT2D eigenvalue weighted by Crippen LogP contribution is -2.45. The molecule has 5 heteroatoms. The number of hydrogen-bond acceptors (Lipinski definition) is 2. The molecule has 0 bridgehead atoms. The zero-order chi connectivity index (χ0) is 12.2. The molecule has 16 heavy (non-hydrogen) atoms. The molecule has 0 heterocycles. The average Bonchev–Trinajstić information content (AvgIpc) is 2.16. The van der Waals surface area contributed by atoms with E-state index in [9.17, 15) is 13.2 Å². The summed E-state index contributed by atoms with van der Waals surface area (Å²) in [6.07, 6.45) is -0.306. The molecule has 0 atom stereocenters. The van der Waals surface area contributed by atoms with Crippen molar-refractivity contribution < 1.29 is 13.2 Å². The summed E-state index contributed by atoms with van der Waals surface area (Å²) in [6, 6.07) is 0.0707. The number of rotatable bonds is 4. The Morgan fingerprint density at radius 3 is 2.19 bits per heavy atom. The van der Waals surface area contributed by atoms with E-state index in [0.29, 0.717) is 19.0 Å².